The molecule has 2 aromatic heterocycles. The van der Waals surface area contributed by atoms with Crippen molar-refractivity contribution in [3.8, 4) is 5.75 Å². The zero-order valence-electron chi connectivity index (χ0n) is 16.9. The van der Waals surface area contributed by atoms with E-state index in [4.69, 9.17) is 9.47 Å². The fraction of sp³-hybridized carbons (Fsp3) is 0.455. The van der Waals surface area contributed by atoms with Crippen molar-refractivity contribution in [1.82, 2.24) is 19.9 Å². The molecule has 1 aromatic carbocycles. The second-order valence-corrected chi connectivity index (χ2v) is 7.60. The quantitative estimate of drug-likeness (QED) is 0.705. The molecule has 28 heavy (non-hydrogen) atoms. The van der Waals surface area contributed by atoms with Gasteiger partial charge in [-0.15, -0.1) is 0 Å². The molecule has 0 aliphatic carbocycles. The standard InChI is InChI=1S/C22H28N4O2/c1-15-12-23-20-11-19(25-22(20)24-15)17-6-8-26(9-7-17)13-18-10-16(14-27-2)4-5-21(18)28-3/h4-5,10-12,17H,6-9,13-14H2,1-3H3,(H,24,25). The predicted octanol–water partition coefficient (Wildman–Crippen LogP) is 3.80. The summed E-state index contributed by atoms with van der Waals surface area (Å²) in [6.07, 6.45) is 4.09. The number of aromatic amines is 1. The van der Waals surface area contributed by atoms with Crippen LogP contribution in [0, 0.1) is 6.92 Å². The van der Waals surface area contributed by atoms with Crippen molar-refractivity contribution < 1.29 is 9.47 Å². The van der Waals surface area contributed by atoms with Gasteiger partial charge in [-0.3, -0.25) is 9.88 Å². The Morgan fingerprint density at radius 2 is 2.00 bits per heavy atom. The van der Waals surface area contributed by atoms with Gasteiger partial charge in [-0.2, -0.15) is 0 Å². The Morgan fingerprint density at radius 1 is 1.18 bits per heavy atom. The first-order chi connectivity index (χ1) is 13.7. The molecule has 6 heteroatoms. The monoisotopic (exact) mass is 380 g/mol. The predicted molar refractivity (Wildman–Crippen MR) is 110 cm³/mol. The molecule has 0 radical (unpaired) electrons. The summed E-state index contributed by atoms with van der Waals surface area (Å²) in [5.41, 5.74) is 6.48. The molecule has 0 amide bonds. The second kappa shape index (κ2) is 8.29. The zero-order valence-corrected chi connectivity index (χ0v) is 16.9. The van der Waals surface area contributed by atoms with Gasteiger partial charge in [0.25, 0.3) is 0 Å². The molecule has 1 saturated heterocycles. The Hall–Kier alpha value is -2.44. The Balaban J connectivity index is 1.42. The Kier molecular flexibility index (Phi) is 5.59. The molecule has 0 spiro atoms. The van der Waals surface area contributed by atoms with Crippen LogP contribution in [0.5, 0.6) is 5.75 Å². The maximum Gasteiger partial charge on any atom is 0.156 e. The highest BCUT2D eigenvalue weighted by Crippen LogP contribution is 2.31. The largest absolute Gasteiger partial charge is 0.496 e. The van der Waals surface area contributed by atoms with Crippen molar-refractivity contribution in [2.75, 3.05) is 27.3 Å². The number of piperidine rings is 1. The molecule has 1 aliphatic rings. The minimum absolute atomic E-state index is 0.536. The number of aromatic nitrogens is 3. The smallest absolute Gasteiger partial charge is 0.156 e. The van der Waals surface area contributed by atoms with Crippen LogP contribution in [0.25, 0.3) is 11.2 Å². The van der Waals surface area contributed by atoms with Crippen LogP contribution in [0.15, 0.2) is 30.5 Å². The van der Waals surface area contributed by atoms with E-state index in [2.05, 4.69) is 38.1 Å². The molecular weight excluding hydrogens is 352 g/mol. The molecule has 1 aliphatic heterocycles. The van der Waals surface area contributed by atoms with Crippen LogP contribution in [0.1, 0.15) is 41.3 Å². The SMILES string of the molecule is COCc1ccc(OC)c(CN2CCC(c3cc4ncc(C)nc4[nH]3)CC2)c1. The average molecular weight is 380 g/mol. The first-order valence-electron chi connectivity index (χ1n) is 9.85. The lowest BCUT2D eigenvalue weighted by Gasteiger charge is -2.32. The van der Waals surface area contributed by atoms with Gasteiger partial charge in [-0.1, -0.05) is 6.07 Å². The van der Waals surface area contributed by atoms with Crippen LogP contribution in [0.2, 0.25) is 0 Å². The molecule has 6 nitrogen and oxygen atoms in total. The lowest BCUT2D eigenvalue weighted by Crippen LogP contribution is -2.32. The fourth-order valence-electron chi connectivity index (χ4n) is 4.08. The minimum atomic E-state index is 0.536. The van der Waals surface area contributed by atoms with Crippen molar-refractivity contribution in [3.63, 3.8) is 0 Å². The summed E-state index contributed by atoms with van der Waals surface area (Å²) in [5.74, 6) is 1.49. The van der Waals surface area contributed by atoms with Crippen molar-refractivity contribution in [2.45, 2.75) is 38.8 Å². The van der Waals surface area contributed by atoms with E-state index in [-0.39, 0.29) is 0 Å². The summed E-state index contributed by atoms with van der Waals surface area (Å²) in [4.78, 5) is 15.0. The number of nitrogens with zero attached hydrogens (tertiary/aromatic N) is 3. The maximum absolute atomic E-state index is 5.57. The molecule has 1 N–H and O–H groups in total. The Bertz CT molecular complexity index is 945. The fourth-order valence-corrected chi connectivity index (χ4v) is 4.08. The number of benzene rings is 1. The molecule has 3 aromatic rings. The number of methoxy groups -OCH3 is 2. The maximum atomic E-state index is 5.57. The first-order valence-corrected chi connectivity index (χ1v) is 9.85. The Labute approximate surface area is 165 Å². The average Bonchev–Trinajstić information content (AvgIpc) is 3.12. The van der Waals surface area contributed by atoms with E-state index >= 15 is 0 Å². The highest BCUT2D eigenvalue weighted by atomic mass is 16.5. The van der Waals surface area contributed by atoms with Gasteiger partial charge < -0.3 is 14.5 Å². The van der Waals surface area contributed by atoms with E-state index in [1.54, 1.807) is 14.2 Å². The van der Waals surface area contributed by atoms with Crippen molar-refractivity contribution >= 4 is 11.2 Å². The molecule has 0 unspecified atom stereocenters. The number of nitrogens with one attached hydrogen (secondary N) is 1. The molecule has 0 saturated carbocycles. The molecule has 1 fully saturated rings. The number of hydrogen-bond acceptors (Lipinski definition) is 5. The van der Waals surface area contributed by atoms with E-state index in [0.717, 1.165) is 55.1 Å². The Morgan fingerprint density at radius 3 is 2.75 bits per heavy atom. The molecule has 0 bridgehead atoms. The minimum Gasteiger partial charge on any atom is -0.496 e. The van der Waals surface area contributed by atoms with E-state index < -0.39 is 0 Å². The number of rotatable bonds is 6. The van der Waals surface area contributed by atoms with Gasteiger partial charge in [-0.05, 0) is 56.6 Å². The number of likely N-dealkylation sites (tertiary alicyclic amines) is 1. The lowest BCUT2D eigenvalue weighted by molar-refractivity contribution is 0.184. The van der Waals surface area contributed by atoms with Crippen LogP contribution in [0.3, 0.4) is 0 Å². The molecule has 3 heterocycles. The highest BCUT2D eigenvalue weighted by Gasteiger charge is 2.23. The van der Waals surface area contributed by atoms with Crippen LogP contribution in [0.4, 0.5) is 0 Å². The molecule has 4 rings (SSSR count). The van der Waals surface area contributed by atoms with E-state index in [0.29, 0.717) is 12.5 Å². The third-order valence-electron chi connectivity index (χ3n) is 5.55. The van der Waals surface area contributed by atoms with Gasteiger partial charge in [0.2, 0.25) is 0 Å². The third kappa shape index (κ3) is 4.03. The van der Waals surface area contributed by atoms with E-state index in [1.165, 1.54) is 16.8 Å². The van der Waals surface area contributed by atoms with Crippen molar-refractivity contribution in [1.29, 1.82) is 0 Å². The van der Waals surface area contributed by atoms with Gasteiger partial charge in [0, 0.05) is 37.0 Å². The number of ether oxygens (including phenoxy) is 2. The normalized spacial score (nSPS) is 16.0. The molecule has 148 valence electrons. The van der Waals surface area contributed by atoms with Crippen LogP contribution < -0.4 is 4.74 Å². The van der Waals surface area contributed by atoms with Crippen molar-refractivity contribution in [3.05, 3.63) is 53.0 Å². The summed E-state index contributed by atoms with van der Waals surface area (Å²) >= 11 is 0. The third-order valence-corrected chi connectivity index (χ3v) is 5.55. The van der Waals surface area contributed by atoms with Gasteiger partial charge >= 0.3 is 0 Å². The highest BCUT2D eigenvalue weighted by molar-refractivity contribution is 5.71. The number of aryl methyl sites for hydroxylation is 1. The van der Waals surface area contributed by atoms with Crippen LogP contribution >= 0.6 is 0 Å². The first kappa shape index (κ1) is 18.9. The van der Waals surface area contributed by atoms with E-state index in [1.807, 2.05) is 19.2 Å². The summed E-state index contributed by atoms with van der Waals surface area (Å²) in [7, 11) is 3.46. The van der Waals surface area contributed by atoms with Gasteiger partial charge in [-0.25, -0.2) is 4.98 Å². The molecule has 0 atom stereocenters. The zero-order chi connectivity index (χ0) is 19.5. The summed E-state index contributed by atoms with van der Waals surface area (Å²) in [6, 6.07) is 8.48. The topological polar surface area (TPSA) is 63.3 Å². The summed E-state index contributed by atoms with van der Waals surface area (Å²) in [6.45, 7) is 5.64. The summed E-state index contributed by atoms with van der Waals surface area (Å²) in [5, 5.41) is 0. The number of fused-ring (bicyclic) bond motifs is 1. The molecular formula is C22H28N4O2. The summed E-state index contributed by atoms with van der Waals surface area (Å²) < 4.78 is 10.8. The van der Waals surface area contributed by atoms with Gasteiger partial charge in [0.1, 0.15) is 11.3 Å². The lowest BCUT2D eigenvalue weighted by atomic mass is 9.93. The van der Waals surface area contributed by atoms with Gasteiger partial charge in [0.15, 0.2) is 5.65 Å². The van der Waals surface area contributed by atoms with E-state index in [9.17, 15) is 0 Å². The van der Waals surface area contributed by atoms with Crippen LogP contribution in [-0.4, -0.2) is 47.2 Å². The second-order valence-electron chi connectivity index (χ2n) is 7.60. The number of hydrogen-bond donors (Lipinski definition) is 1. The van der Waals surface area contributed by atoms with Crippen molar-refractivity contribution in [2.24, 2.45) is 0 Å². The van der Waals surface area contributed by atoms with Gasteiger partial charge in [0.05, 0.1) is 19.4 Å². The number of H-pyrrole nitrogens is 1. The van der Waals surface area contributed by atoms with Crippen LogP contribution in [-0.2, 0) is 17.9 Å².